The van der Waals surface area contributed by atoms with Gasteiger partial charge in [-0.05, 0) is 58.7 Å². The zero-order chi connectivity index (χ0) is 16.8. The van der Waals surface area contributed by atoms with Crippen molar-refractivity contribution in [1.29, 1.82) is 0 Å². The van der Waals surface area contributed by atoms with Crippen LogP contribution in [0, 0.1) is 6.92 Å². The van der Waals surface area contributed by atoms with Crippen molar-refractivity contribution in [2.45, 2.75) is 6.92 Å². The minimum Gasteiger partial charge on any atom is -0.484 e. The van der Waals surface area contributed by atoms with Crippen LogP contribution in [0.4, 0.5) is 5.69 Å². The second-order valence-corrected chi connectivity index (χ2v) is 5.69. The molecule has 1 N–H and O–H groups in total. The molecule has 120 valence electrons. The summed E-state index contributed by atoms with van der Waals surface area (Å²) in [6.07, 6.45) is 0. The number of benzene rings is 2. The molecule has 6 heteroatoms. The van der Waals surface area contributed by atoms with Gasteiger partial charge in [0.15, 0.2) is 6.61 Å². The van der Waals surface area contributed by atoms with Crippen molar-refractivity contribution in [3.8, 4) is 5.75 Å². The Morgan fingerprint density at radius 1 is 1.17 bits per heavy atom. The number of hydrogen-bond acceptors (Lipinski definition) is 4. The van der Waals surface area contributed by atoms with E-state index in [0.717, 1.165) is 10.0 Å². The van der Waals surface area contributed by atoms with E-state index in [1.54, 1.807) is 18.2 Å². The molecule has 2 aromatic carbocycles. The molecule has 0 bridgehead atoms. The quantitative estimate of drug-likeness (QED) is 0.809. The average molecular weight is 378 g/mol. The van der Waals surface area contributed by atoms with Crippen LogP contribution in [0.25, 0.3) is 0 Å². The lowest BCUT2D eigenvalue weighted by Gasteiger charge is -2.10. The summed E-state index contributed by atoms with van der Waals surface area (Å²) in [6, 6.07) is 12.1. The van der Waals surface area contributed by atoms with E-state index in [-0.39, 0.29) is 12.5 Å². The number of carbonyl (C=O) groups excluding carboxylic acids is 2. The number of methoxy groups -OCH3 is 1. The predicted molar refractivity (Wildman–Crippen MR) is 90.8 cm³/mol. The Bertz CT molecular complexity index is 730. The fourth-order valence-electron chi connectivity index (χ4n) is 1.89. The molecule has 2 rings (SSSR count). The highest BCUT2D eigenvalue weighted by molar-refractivity contribution is 9.10. The van der Waals surface area contributed by atoms with Crippen LogP contribution < -0.4 is 10.1 Å². The molecule has 23 heavy (non-hydrogen) atoms. The van der Waals surface area contributed by atoms with Crippen molar-refractivity contribution in [2.75, 3.05) is 19.0 Å². The number of nitrogens with one attached hydrogen (secondary N) is 1. The van der Waals surface area contributed by atoms with E-state index >= 15 is 0 Å². The smallest absolute Gasteiger partial charge is 0.337 e. The second kappa shape index (κ2) is 7.78. The second-order valence-electron chi connectivity index (χ2n) is 4.84. The zero-order valence-corrected chi connectivity index (χ0v) is 14.3. The van der Waals surface area contributed by atoms with Gasteiger partial charge in [-0.1, -0.05) is 12.1 Å². The Morgan fingerprint density at radius 2 is 1.96 bits per heavy atom. The number of anilines is 1. The molecule has 5 nitrogen and oxygen atoms in total. The van der Waals surface area contributed by atoms with E-state index in [4.69, 9.17) is 4.74 Å². The van der Waals surface area contributed by atoms with Crippen LogP contribution in [0.15, 0.2) is 46.9 Å². The Hall–Kier alpha value is -2.34. The van der Waals surface area contributed by atoms with E-state index in [0.29, 0.717) is 17.0 Å². The average Bonchev–Trinajstić information content (AvgIpc) is 2.55. The minimum atomic E-state index is -0.455. The molecule has 1 amide bonds. The maximum absolute atomic E-state index is 11.9. The normalized spacial score (nSPS) is 10.0. The molecule has 0 heterocycles. The van der Waals surface area contributed by atoms with Crippen LogP contribution in [0.3, 0.4) is 0 Å². The molecule has 0 saturated carbocycles. The number of esters is 1. The molecule has 2 aromatic rings. The third kappa shape index (κ3) is 4.82. The number of ether oxygens (including phenoxy) is 2. The van der Waals surface area contributed by atoms with Crippen molar-refractivity contribution in [3.63, 3.8) is 0 Å². The van der Waals surface area contributed by atoms with E-state index in [1.807, 2.05) is 25.1 Å². The largest absolute Gasteiger partial charge is 0.484 e. The van der Waals surface area contributed by atoms with E-state index in [2.05, 4.69) is 26.0 Å². The summed E-state index contributed by atoms with van der Waals surface area (Å²) in [5, 5.41) is 2.75. The topological polar surface area (TPSA) is 64.6 Å². The van der Waals surface area contributed by atoms with Crippen molar-refractivity contribution in [3.05, 3.63) is 58.1 Å². The van der Waals surface area contributed by atoms with Gasteiger partial charge in [-0.3, -0.25) is 4.79 Å². The highest BCUT2D eigenvalue weighted by Gasteiger charge is 2.09. The number of rotatable bonds is 5. The Morgan fingerprint density at radius 3 is 2.65 bits per heavy atom. The fourth-order valence-corrected chi connectivity index (χ4v) is 2.48. The summed E-state index contributed by atoms with van der Waals surface area (Å²) in [7, 11) is 1.31. The van der Waals surface area contributed by atoms with Gasteiger partial charge in [0.05, 0.1) is 18.4 Å². The van der Waals surface area contributed by atoms with Gasteiger partial charge in [0.2, 0.25) is 0 Å². The highest BCUT2D eigenvalue weighted by atomic mass is 79.9. The minimum absolute atomic E-state index is 0.162. The van der Waals surface area contributed by atoms with Crippen molar-refractivity contribution < 1.29 is 19.1 Å². The fraction of sp³-hybridized carbons (Fsp3) is 0.176. The SMILES string of the molecule is COC(=O)c1cccc(OCC(=O)Nc2ccc(C)cc2Br)c1. The third-order valence-electron chi connectivity index (χ3n) is 3.02. The van der Waals surface area contributed by atoms with Crippen LogP contribution in [0.5, 0.6) is 5.75 Å². The van der Waals surface area contributed by atoms with Gasteiger partial charge in [-0.2, -0.15) is 0 Å². The van der Waals surface area contributed by atoms with E-state index < -0.39 is 5.97 Å². The molecule has 0 aliphatic heterocycles. The highest BCUT2D eigenvalue weighted by Crippen LogP contribution is 2.23. The first-order valence-corrected chi connectivity index (χ1v) is 7.66. The molecular formula is C17H16BrNO4. The summed E-state index contributed by atoms with van der Waals surface area (Å²) in [5.41, 5.74) is 2.13. The van der Waals surface area contributed by atoms with Gasteiger partial charge in [0, 0.05) is 4.47 Å². The monoisotopic (exact) mass is 377 g/mol. The standard InChI is InChI=1S/C17H16BrNO4/c1-11-6-7-15(14(18)8-11)19-16(20)10-23-13-5-3-4-12(9-13)17(21)22-2/h3-9H,10H2,1-2H3,(H,19,20). The number of hydrogen-bond donors (Lipinski definition) is 1. The third-order valence-corrected chi connectivity index (χ3v) is 3.68. The molecule has 0 saturated heterocycles. The van der Waals surface area contributed by atoms with Gasteiger partial charge >= 0.3 is 5.97 Å². The summed E-state index contributed by atoms with van der Waals surface area (Å²) in [4.78, 5) is 23.4. The Balaban J connectivity index is 1.95. The molecule has 0 aliphatic carbocycles. The van der Waals surface area contributed by atoms with Gasteiger partial charge < -0.3 is 14.8 Å². The Labute approximate surface area is 142 Å². The molecule has 0 aromatic heterocycles. The first kappa shape index (κ1) is 17.0. The molecule has 0 unspecified atom stereocenters. The Kier molecular flexibility index (Phi) is 5.76. The molecule has 0 fully saturated rings. The molecule has 0 radical (unpaired) electrons. The number of amides is 1. The maximum Gasteiger partial charge on any atom is 0.337 e. The van der Waals surface area contributed by atoms with Gasteiger partial charge in [0.25, 0.3) is 5.91 Å². The zero-order valence-electron chi connectivity index (χ0n) is 12.8. The maximum atomic E-state index is 11.9. The van der Waals surface area contributed by atoms with Crippen molar-refractivity contribution in [1.82, 2.24) is 0 Å². The first-order valence-electron chi connectivity index (χ1n) is 6.87. The lowest BCUT2D eigenvalue weighted by Crippen LogP contribution is -2.20. The molecule has 0 spiro atoms. The summed E-state index contributed by atoms with van der Waals surface area (Å²) < 4.78 is 10.8. The summed E-state index contributed by atoms with van der Waals surface area (Å²) in [5.74, 6) is -0.326. The van der Waals surface area contributed by atoms with Crippen LogP contribution in [0.1, 0.15) is 15.9 Å². The molecule has 0 aliphatic rings. The van der Waals surface area contributed by atoms with Gasteiger partial charge in [-0.25, -0.2) is 4.79 Å². The van der Waals surface area contributed by atoms with Crippen molar-refractivity contribution in [2.24, 2.45) is 0 Å². The van der Waals surface area contributed by atoms with Crippen LogP contribution in [-0.2, 0) is 9.53 Å². The van der Waals surface area contributed by atoms with Crippen LogP contribution in [0.2, 0.25) is 0 Å². The van der Waals surface area contributed by atoms with Crippen LogP contribution >= 0.6 is 15.9 Å². The van der Waals surface area contributed by atoms with Crippen molar-refractivity contribution >= 4 is 33.5 Å². The number of halogens is 1. The number of carbonyl (C=O) groups is 2. The summed E-state index contributed by atoms with van der Waals surface area (Å²) in [6.45, 7) is 1.80. The number of aryl methyl sites for hydroxylation is 1. The predicted octanol–water partition coefficient (Wildman–Crippen LogP) is 3.56. The van der Waals surface area contributed by atoms with E-state index in [1.165, 1.54) is 13.2 Å². The summed E-state index contributed by atoms with van der Waals surface area (Å²) >= 11 is 3.40. The lowest BCUT2D eigenvalue weighted by atomic mass is 10.2. The van der Waals surface area contributed by atoms with E-state index in [9.17, 15) is 9.59 Å². The first-order chi connectivity index (χ1) is 11.0. The van der Waals surface area contributed by atoms with Crippen LogP contribution in [-0.4, -0.2) is 25.6 Å². The lowest BCUT2D eigenvalue weighted by molar-refractivity contribution is -0.118. The van der Waals surface area contributed by atoms with Gasteiger partial charge in [0.1, 0.15) is 5.75 Å². The molecular weight excluding hydrogens is 362 g/mol. The van der Waals surface area contributed by atoms with Gasteiger partial charge in [-0.15, -0.1) is 0 Å². The molecule has 0 atom stereocenters.